The largest absolute Gasteiger partial charge is 0.508 e. The highest BCUT2D eigenvalue weighted by atomic mass is 32.1. The molecular weight excluding hydrogens is 1870 g/mol. The fourth-order valence-corrected chi connectivity index (χ4v) is 12.1. The first-order chi connectivity index (χ1) is 65.0. The molecule has 42 heteroatoms. The van der Waals surface area contributed by atoms with Crippen LogP contribution in [0.5, 0.6) is 5.75 Å². The van der Waals surface area contributed by atoms with Crippen molar-refractivity contribution in [1.29, 1.82) is 0 Å². The van der Waals surface area contributed by atoms with E-state index in [9.17, 15) is 105 Å². The second-order valence-corrected chi connectivity index (χ2v) is 31.4. The van der Waals surface area contributed by atoms with Crippen molar-refractivity contribution in [2.75, 3.05) is 0 Å². The number of aryl methyl sites for hydroxylation is 1. The van der Waals surface area contributed by atoms with Crippen molar-refractivity contribution in [3.05, 3.63) is 243 Å². The average molecular weight is 1970 g/mol. The fourth-order valence-electron chi connectivity index (χ4n) is 12.0. The van der Waals surface area contributed by atoms with Gasteiger partial charge in [0.15, 0.2) is 5.92 Å². The van der Waals surface area contributed by atoms with Crippen LogP contribution in [0.25, 0.3) is 5.76 Å². The zero-order valence-corrected chi connectivity index (χ0v) is 77.2. The molecule has 0 spiro atoms. The minimum Gasteiger partial charge on any atom is -0.508 e. The summed E-state index contributed by atoms with van der Waals surface area (Å²) >= 11 is 4.12. The maximum absolute atomic E-state index is 11.3. The molecular formula is C98H108O41S. The molecule has 41 nitrogen and oxygen atoms in total. The van der Waals surface area contributed by atoms with Gasteiger partial charge in [0.25, 0.3) is 0 Å². The number of aliphatic carboxylic acids is 15. The summed E-state index contributed by atoms with van der Waals surface area (Å²) in [5.74, 6) is -26.8. The van der Waals surface area contributed by atoms with Gasteiger partial charge in [0.1, 0.15) is 52.3 Å². The van der Waals surface area contributed by atoms with Gasteiger partial charge in [-0.05, 0) is 172 Å². The van der Waals surface area contributed by atoms with Gasteiger partial charge in [-0.2, -0.15) is 0 Å². The first-order valence-corrected chi connectivity index (χ1v) is 41.6. The number of carboxylic acids is 17. The number of phenolic OH excluding ortho intramolecular Hbond substituents is 1. The highest BCUT2D eigenvalue weighted by Crippen LogP contribution is 2.46. The van der Waals surface area contributed by atoms with Crippen molar-refractivity contribution >= 4 is 149 Å². The lowest BCUT2D eigenvalue weighted by atomic mass is 9.92. The maximum atomic E-state index is 11.3. The van der Waals surface area contributed by atoms with Gasteiger partial charge in [0.05, 0.1) is 85.2 Å². The predicted octanol–water partition coefficient (Wildman–Crippen LogP) is 10.6. The summed E-state index contributed by atoms with van der Waals surface area (Å²) in [6, 6.07) is 46.7. The minimum absolute atomic E-state index is 0.000000000000000444. The number of aliphatic hydroxyl groups excluding tert-OH is 1. The number of carbonyl (C=O) groups is 22. The Hall–Kier alpha value is -16.9. The molecule has 8 atom stereocenters. The van der Waals surface area contributed by atoms with Crippen LogP contribution in [0.1, 0.15) is 162 Å². The summed E-state index contributed by atoms with van der Waals surface area (Å²) in [4.78, 5) is 234. The van der Waals surface area contributed by atoms with Gasteiger partial charge in [-0.3, -0.25) is 95.9 Å². The van der Waals surface area contributed by atoms with Crippen LogP contribution in [0.15, 0.2) is 181 Å². The van der Waals surface area contributed by atoms with Gasteiger partial charge in [-0.1, -0.05) is 134 Å². The first-order valence-electron chi connectivity index (χ1n) is 41.2. The third-order valence-corrected chi connectivity index (χ3v) is 19.4. The zero-order chi connectivity index (χ0) is 108. The van der Waals surface area contributed by atoms with Crippen molar-refractivity contribution in [1.82, 2.24) is 0 Å². The number of terminal acetylenes is 1. The molecule has 7 aromatic carbocycles. The Morgan fingerprint density at radius 2 is 0.671 bits per heavy atom. The van der Waals surface area contributed by atoms with Gasteiger partial charge in [-0.25, -0.2) is 9.59 Å². The third kappa shape index (κ3) is 55.1. The number of ketones is 5. The van der Waals surface area contributed by atoms with Crippen LogP contribution in [0.2, 0.25) is 0 Å². The Labute approximate surface area is 804 Å². The maximum Gasteiger partial charge on any atom is 0.335 e. The molecule has 0 saturated heterocycles. The molecule has 1 saturated carbocycles. The lowest BCUT2D eigenvalue weighted by Gasteiger charge is -2.11. The number of hydrogen-bond donors (Lipinski definition) is 20. The smallest absolute Gasteiger partial charge is 0.335 e. The number of phenols is 1. The van der Waals surface area contributed by atoms with Crippen LogP contribution in [-0.2, 0) is 141 Å². The number of thiol groups is 1. The molecule has 7 aromatic rings. The molecule has 0 bridgehead atoms. The highest BCUT2D eigenvalue weighted by molar-refractivity contribution is 7.80. The van der Waals surface area contributed by atoms with E-state index >= 15 is 0 Å². The zero-order valence-electron chi connectivity index (χ0n) is 76.3. The predicted molar refractivity (Wildman–Crippen MR) is 495 cm³/mol. The minimum atomic E-state index is -1.60. The topological polar surface area (TPSA) is 760 Å². The number of aromatic carboxylic acids is 2. The van der Waals surface area contributed by atoms with E-state index in [0.717, 1.165) is 45.2 Å². The number of rotatable bonds is 41. The molecule has 140 heavy (non-hydrogen) atoms. The monoisotopic (exact) mass is 1970 g/mol. The average Bonchev–Trinajstić information content (AvgIpc) is 1.62. The molecule has 1 aliphatic rings. The molecule has 0 amide bonds. The van der Waals surface area contributed by atoms with Gasteiger partial charge >= 0.3 is 101 Å². The standard InChI is InChI=1S/C12H12O5.C12H14O4.C11H10O5.3C11H12O4.C11H12O3S.C7H8O3.C6H8O5.C6H8O4/c1-7(13)2-8-3-9(6-11(14)15)5-10(4-8)12(16)17;1-8-2-4-9(5-3-8)6-10(12(15)16)7-11(13)14;1-6(12)8-2-7(4-10(13)14)3-9(5-8)11(15)16;1-7(12)10(11(14)15)6-8-2-4-9(13)5-3-8;2*12-10(13)7-9(11(14)15)6-8-4-2-1-3-5-8;1-7(12)10(6-11(13)14)8-2-4-9(15)5-3-8;1-3-4-6(5(2)8)7(9)10;1-3(7)2-4(5(8)9)6(10)11;1-2-3(5(7)8)4(2)6(9)10/h3-5H,2,6H2,1H3,(H,14,15)(H,16,17);2-5,10H,6-7H2,1H3,(H,13,14)(H,15,16);2-3,5,12H,1,4H2,(H,13,14)(H,15,16);2-5,10,13H,6H2,1H3,(H,14,15);2*1-5,9H,6-7H2,(H,12,13)(H,14,15);2-5,10,15H,6H2,1H3,(H,13,14);1,6H,4H2,2H3,(H,9,10);4H,2H2,1H3,(H,8,9)(H,10,11);2-4H,1H3,(H,7,8)(H,9,10)/t;;;;;;;;;3-,4-/m.........0/s1. The highest BCUT2D eigenvalue weighted by Gasteiger charge is 2.56. The molecule has 0 aromatic heterocycles. The second kappa shape index (κ2) is 64.9. The summed E-state index contributed by atoms with van der Waals surface area (Å²) in [7, 11) is 0. The van der Waals surface area contributed by atoms with Gasteiger partial charge < -0.3 is 97.0 Å². The number of Topliss-reactive ketones (excluding diaryl/α,β-unsaturated/α-hetero) is 5. The molecule has 0 aliphatic heterocycles. The number of hydrogen-bond acceptors (Lipinski definition) is 25. The summed E-state index contributed by atoms with van der Waals surface area (Å²) in [6.45, 7) is 13.3. The van der Waals surface area contributed by atoms with Crippen molar-refractivity contribution in [3.8, 4) is 18.1 Å². The Kier molecular flexibility index (Phi) is 58.1. The van der Waals surface area contributed by atoms with Gasteiger partial charge in [-0.15, -0.1) is 25.0 Å². The molecule has 19 N–H and O–H groups in total. The lowest BCUT2D eigenvalue weighted by Crippen LogP contribution is -2.25. The number of aromatic hydroxyl groups is 1. The quantitative estimate of drug-likeness (QED) is 0.00732. The molecule has 752 valence electrons. The third-order valence-electron chi connectivity index (χ3n) is 19.1. The molecule has 6 unspecified atom stereocenters. The van der Waals surface area contributed by atoms with E-state index in [-0.39, 0.29) is 129 Å². The molecule has 1 fully saturated rings. The Bertz CT molecular complexity index is 5340. The Morgan fingerprint density at radius 1 is 0.343 bits per heavy atom. The van der Waals surface area contributed by atoms with E-state index in [0.29, 0.717) is 16.7 Å². The van der Waals surface area contributed by atoms with Crippen LogP contribution in [0.3, 0.4) is 0 Å². The normalized spacial score (nSPS) is 13.1. The van der Waals surface area contributed by atoms with E-state index in [1.165, 1.54) is 70.2 Å². The van der Waals surface area contributed by atoms with E-state index < -0.39 is 173 Å². The van der Waals surface area contributed by atoms with Gasteiger partial charge in [0, 0.05) is 29.7 Å². The molecule has 8 rings (SSSR count). The van der Waals surface area contributed by atoms with Crippen molar-refractivity contribution in [3.63, 3.8) is 0 Å². The Morgan fingerprint density at radius 3 is 0.943 bits per heavy atom. The van der Waals surface area contributed by atoms with Crippen LogP contribution in [0.4, 0.5) is 0 Å². The van der Waals surface area contributed by atoms with Crippen LogP contribution < -0.4 is 0 Å². The lowest BCUT2D eigenvalue weighted by molar-refractivity contribution is -0.156. The molecule has 0 radical (unpaired) electrons. The number of benzene rings is 7. The number of aliphatic hydroxyl groups is 1. The summed E-state index contributed by atoms with van der Waals surface area (Å²) in [5.41, 5.74) is 6.39. The van der Waals surface area contributed by atoms with Crippen LogP contribution >= 0.6 is 12.6 Å². The van der Waals surface area contributed by atoms with Crippen molar-refractivity contribution in [2.45, 2.75) is 143 Å². The van der Waals surface area contributed by atoms with Crippen LogP contribution in [0, 0.1) is 72.5 Å². The van der Waals surface area contributed by atoms with Crippen molar-refractivity contribution in [2.24, 2.45) is 53.3 Å². The SMILES string of the molecule is C#CCC(C(C)=O)C(=O)O.C=C(O)c1cc(CC(=O)O)cc(C(=O)O)c1.CC(=O)C(CC(=O)O)c1ccc(S)cc1.CC(=O)C(Cc1ccc(O)cc1)C(=O)O.CC(=O)CC(C(=O)O)C(=O)O.CC(=O)Cc1cc(CC(=O)O)cc(C(=O)O)c1.CC1[C@H](C(=O)O)[C@H]1C(=O)O.Cc1ccc(CC(CC(=O)O)C(=O)O)cc1.O=C(O)CC(Cc1ccccc1)C(=O)O.O=C(O)CC(Cc1ccccc1)C(=O)O. The molecule has 0 heterocycles. The van der Waals surface area contributed by atoms with E-state index in [1.54, 1.807) is 97.9 Å². The van der Waals surface area contributed by atoms with E-state index in [4.69, 9.17) is 103 Å². The number of carboxylic acid groups (broad SMARTS) is 17. The van der Waals surface area contributed by atoms with E-state index in [2.05, 4.69) is 25.1 Å². The fraction of sp³-hybridized carbons (Fsp3) is 0.306. The summed E-state index contributed by atoms with van der Waals surface area (Å²) in [5, 5.41) is 164. The van der Waals surface area contributed by atoms with E-state index in [1.807, 2.05) is 43.3 Å². The molecule has 1 aliphatic carbocycles. The Balaban J connectivity index is 0. The summed E-state index contributed by atoms with van der Waals surface area (Å²) in [6.07, 6.45) is 3.62. The first kappa shape index (κ1) is 125. The number of carbonyl (C=O) groups excluding carboxylic acids is 5. The second-order valence-electron chi connectivity index (χ2n) is 30.9. The summed E-state index contributed by atoms with van der Waals surface area (Å²) < 4.78 is 0. The van der Waals surface area contributed by atoms with Crippen molar-refractivity contribution < 1.29 is 203 Å². The van der Waals surface area contributed by atoms with Crippen LogP contribution in [-0.4, -0.2) is 227 Å². The van der Waals surface area contributed by atoms with Gasteiger partial charge in [0.2, 0.25) is 0 Å².